The molecule has 0 aliphatic carbocycles. The van der Waals surface area contributed by atoms with E-state index >= 15 is 0 Å². The number of fused-ring (bicyclic) bond motifs is 1. The van der Waals surface area contributed by atoms with Crippen molar-refractivity contribution in [2.24, 2.45) is 10.9 Å². The fraction of sp³-hybridized carbons (Fsp3) is 0.560. The summed E-state index contributed by atoms with van der Waals surface area (Å²) in [4.78, 5) is 32.4. The van der Waals surface area contributed by atoms with E-state index in [0.29, 0.717) is 59.9 Å². The molecule has 0 N–H and O–H groups in total. The predicted molar refractivity (Wildman–Crippen MR) is 131 cm³/mol. The molecule has 3 rings (SSSR count). The average molecular weight is 475 g/mol. The first-order valence-electron chi connectivity index (χ1n) is 11.7. The summed E-state index contributed by atoms with van der Waals surface area (Å²) in [6.45, 7) is 11.2. The van der Waals surface area contributed by atoms with E-state index in [2.05, 4.69) is 11.9 Å². The van der Waals surface area contributed by atoms with E-state index in [9.17, 15) is 9.59 Å². The van der Waals surface area contributed by atoms with E-state index in [0.717, 1.165) is 18.4 Å². The van der Waals surface area contributed by atoms with Crippen molar-refractivity contribution in [2.75, 3.05) is 25.6 Å². The van der Waals surface area contributed by atoms with Crippen molar-refractivity contribution in [1.82, 2.24) is 4.90 Å². The van der Waals surface area contributed by atoms with Crippen LogP contribution in [-0.2, 0) is 14.3 Å². The largest absolute Gasteiger partial charge is 0.490 e. The van der Waals surface area contributed by atoms with Crippen LogP contribution in [0.2, 0.25) is 0 Å². The Kier molecular flexibility index (Phi) is 8.83. The van der Waals surface area contributed by atoms with Crippen LogP contribution in [0.15, 0.2) is 34.5 Å². The van der Waals surface area contributed by atoms with Crippen LogP contribution >= 0.6 is 11.8 Å². The Hall–Kier alpha value is -2.48. The molecule has 2 aliphatic heterocycles. The number of aliphatic imine (C=N–C) groups is 1. The standard InChI is InChI=1S/C25H34N2O5S/c1-6-8-12-31-19-10-9-18(14-20(19)30-7-2)23-22(24(29)32-15-16(3)4)17(5)26-25-27(23)21(28)11-13-33-25/h9-10,14,16,23H,6-8,11-13,15H2,1-5H3/t23-/m1/s1. The van der Waals surface area contributed by atoms with Crippen LogP contribution in [0.1, 0.15) is 65.5 Å². The zero-order chi connectivity index (χ0) is 24.0. The second kappa shape index (κ2) is 11.6. The molecule has 0 unspecified atom stereocenters. The van der Waals surface area contributed by atoms with Gasteiger partial charge in [0, 0.05) is 12.2 Å². The van der Waals surface area contributed by atoms with Crippen molar-refractivity contribution in [3.8, 4) is 11.5 Å². The number of carbonyl (C=O) groups is 2. The quantitative estimate of drug-likeness (QED) is 0.346. The number of rotatable bonds is 10. The predicted octanol–water partition coefficient (Wildman–Crippen LogP) is 5.11. The molecule has 2 aliphatic rings. The third-order valence-electron chi connectivity index (χ3n) is 5.31. The molecule has 0 aromatic heterocycles. The van der Waals surface area contributed by atoms with E-state index in [1.807, 2.05) is 39.0 Å². The van der Waals surface area contributed by atoms with Crippen molar-refractivity contribution < 1.29 is 23.8 Å². The third kappa shape index (κ3) is 5.91. The summed E-state index contributed by atoms with van der Waals surface area (Å²) < 4.78 is 17.4. The Morgan fingerprint density at radius 2 is 2.03 bits per heavy atom. The van der Waals surface area contributed by atoms with E-state index in [1.54, 1.807) is 11.8 Å². The second-order valence-corrected chi connectivity index (χ2v) is 9.55. The molecule has 1 aromatic carbocycles. The lowest BCUT2D eigenvalue weighted by atomic mass is 9.93. The molecule has 0 radical (unpaired) electrons. The maximum absolute atomic E-state index is 13.2. The minimum atomic E-state index is -0.624. The molecule has 1 saturated heterocycles. The maximum atomic E-state index is 13.2. The number of carbonyl (C=O) groups excluding carboxylic acids is 2. The van der Waals surface area contributed by atoms with Crippen LogP contribution in [0, 0.1) is 5.92 Å². The minimum Gasteiger partial charge on any atom is -0.490 e. The first-order valence-corrected chi connectivity index (χ1v) is 12.7. The number of allylic oxidation sites excluding steroid dienone is 1. The highest BCUT2D eigenvalue weighted by Crippen LogP contribution is 2.42. The maximum Gasteiger partial charge on any atom is 0.338 e. The van der Waals surface area contributed by atoms with Gasteiger partial charge in [0.2, 0.25) is 5.91 Å². The molecule has 33 heavy (non-hydrogen) atoms. The van der Waals surface area contributed by atoms with Gasteiger partial charge in [0.15, 0.2) is 16.7 Å². The van der Waals surface area contributed by atoms with Gasteiger partial charge in [-0.2, -0.15) is 0 Å². The number of benzene rings is 1. The van der Waals surface area contributed by atoms with Gasteiger partial charge in [-0.15, -0.1) is 0 Å². The van der Waals surface area contributed by atoms with Gasteiger partial charge in [0.05, 0.1) is 37.1 Å². The Labute approximate surface area is 200 Å². The van der Waals surface area contributed by atoms with Crippen LogP contribution in [-0.4, -0.2) is 47.5 Å². The number of amides is 1. The van der Waals surface area contributed by atoms with Gasteiger partial charge in [0.25, 0.3) is 0 Å². The summed E-state index contributed by atoms with van der Waals surface area (Å²) in [7, 11) is 0. The van der Waals surface area contributed by atoms with E-state index in [-0.39, 0.29) is 11.8 Å². The lowest BCUT2D eigenvalue weighted by molar-refractivity contribution is -0.141. The van der Waals surface area contributed by atoms with Gasteiger partial charge in [-0.1, -0.05) is 45.0 Å². The lowest BCUT2D eigenvalue weighted by Crippen LogP contribution is -2.45. The molecule has 180 valence electrons. The highest BCUT2D eigenvalue weighted by Gasteiger charge is 2.42. The summed E-state index contributed by atoms with van der Waals surface area (Å²) in [5, 5.41) is 0.621. The van der Waals surface area contributed by atoms with Gasteiger partial charge in [-0.05, 0) is 43.9 Å². The smallest absolute Gasteiger partial charge is 0.338 e. The summed E-state index contributed by atoms with van der Waals surface area (Å²) in [6, 6.07) is 5.00. The number of amidine groups is 1. The number of nitrogens with zero attached hydrogens (tertiary/aromatic N) is 2. The normalized spacial score (nSPS) is 18.2. The van der Waals surface area contributed by atoms with Crippen molar-refractivity contribution in [3.63, 3.8) is 0 Å². The van der Waals surface area contributed by atoms with Crippen molar-refractivity contribution in [3.05, 3.63) is 35.0 Å². The fourth-order valence-corrected chi connectivity index (χ4v) is 4.71. The molecular formula is C25H34N2O5S. The molecular weight excluding hydrogens is 440 g/mol. The van der Waals surface area contributed by atoms with E-state index < -0.39 is 12.0 Å². The zero-order valence-corrected chi connectivity index (χ0v) is 21.0. The van der Waals surface area contributed by atoms with E-state index in [4.69, 9.17) is 14.2 Å². The summed E-state index contributed by atoms with van der Waals surface area (Å²) in [5.74, 6) is 1.63. The van der Waals surface area contributed by atoms with Crippen LogP contribution in [0.3, 0.4) is 0 Å². The zero-order valence-electron chi connectivity index (χ0n) is 20.2. The SMILES string of the molecule is CCCCOc1ccc([C@@H]2C(C(=O)OCC(C)C)=C(C)N=C3SCCC(=O)N32)cc1OCC. The van der Waals surface area contributed by atoms with Gasteiger partial charge >= 0.3 is 5.97 Å². The van der Waals surface area contributed by atoms with Crippen LogP contribution in [0.4, 0.5) is 0 Å². The third-order valence-corrected chi connectivity index (χ3v) is 6.27. The fourth-order valence-electron chi connectivity index (χ4n) is 3.70. The average Bonchev–Trinajstić information content (AvgIpc) is 2.78. The topological polar surface area (TPSA) is 77.4 Å². The molecule has 8 heteroatoms. The number of esters is 1. The molecule has 1 atom stereocenters. The Bertz CT molecular complexity index is 941. The Morgan fingerprint density at radius 3 is 2.73 bits per heavy atom. The van der Waals surface area contributed by atoms with Gasteiger partial charge in [-0.25, -0.2) is 9.79 Å². The molecule has 0 saturated carbocycles. The monoisotopic (exact) mass is 474 g/mol. The first-order chi connectivity index (χ1) is 15.9. The minimum absolute atomic E-state index is 0.0552. The highest BCUT2D eigenvalue weighted by molar-refractivity contribution is 8.14. The number of thioether (sulfide) groups is 1. The van der Waals surface area contributed by atoms with Crippen LogP contribution in [0.5, 0.6) is 11.5 Å². The molecule has 0 spiro atoms. The number of hydrogen-bond acceptors (Lipinski definition) is 7. The Morgan fingerprint density at radius 1 is 1.24 bits per heavy atom. The number of unbranched alkanes of at least 4 members (excludes halogenated alkanes) is 1. The molecule has 2 heterocycles. The molecule has 1 amide bonds. The van der Waals surface area contributed by atoms with Crippen LogP contribution in [0.25, 0.3) is 0 Å². The van der Waals surface area contributed by atoms with Crippen LogP contribution < -0.4 is 9.47 Å². The van der Waals surface area contributed by atoms with Crippen molar-refractivity contribution in [2.45, 2.75) is 59.9 Å². The molecule has 1 fully saturated rings. The summed E-state index contributed by atoms with van der Waals surface area (Å²) >= 11 is 1.53. The molecule has 7 nitrogen and oxygen atoms in total. The second-order valence-electron chi connectivity index (χ2n) is 8.49. The highest BCUT2D eigenvalue weighted by atomic mass is 32.2. The van der Waals surface area contributed by atoms with Gasteiger partial charge in [-0.3, -0.25) is 9.69 Å². The Balaban J connectivity index is 2.05. The molecule has 0 bridgehead atoms. The molecule has 1 aromatic rings. The summed E-state index contributed by atoms with van der Waals surface area (Å²) in [6.07, 6.45) is 2.38. The first kappa shape index (κ1) is 25.1. The van der Waals surface area contributed by atoms with Gasteiger partial charge < -0.3 is 14.2 Å². The number of ether oxygens (including phenoxy) is 3. The number of hydrogen-bond donors (Lipinski definition) is 0. The lowest BCUT2D eigenvalue weighted by Gasteiger charge is -2.39. The van der Waals surface area contributed by atoms with E-state index in [1.165, 1.54) is 11.8 Å². The van der Waals surface area contributed by atoms with Crippen molar-refractivity contribution >= 4 is 28.8 Å². The van der Waals surface area contributed by atoms with Gasteiger partial charge in [0.1, 0.15) is 0 Å². The summed E-state index contributed by atoms with van der Waals surface area (Å²) in [5.41, 5.74) is 1.72. The van der Waals surface area contributed by atoms with Crippen molar-refractivity contribution in [1.29, 1.82) is 0 Å².